The fourth-order valence-electron chi connectivity index (χ4n) is 4.32. The van der Waals surface area contributed by atoms with E-state index in [0.29, 0.717) is 25.6 Å². The van der Waals surface area contributed by atoms with Crippen LogP contribution in [0.4, 0.5) is 0 Å². The van der Waals surface area contributed by atoms with Crippen LogP contribution in [0.2, 0.25) is 0 Å². The molecule has 3 fully saturated rings. The van der Waals surface area contributed by atoms with E-state index in [-0.39, 0.29) is 30.2 Å². The van der Waals surface area contributed by atoms with Gasteiger partial charge >= 0.3 is 5.97 Å². The van der Waals surface area contributed by atoms with Gasteiger partial charge in [0.25, 0.3) is 0 Å². The Bertz CT molecular complexity index is 738. The first-order valence-electron chi connectivity index (χ1n) is 9.31. The molecule has 3 heterocycles. The molecule has 4 rings (SSSR count). The minimum Gasteiger partial charge on any atom is -0.481 e. The van der Waals surface area contributed by atoms with E-state index in [0.717, 1.165) is 19.3 Å². The molecule has 1 aliphatic carbocycles. The summed E-state index contributed by atoms with van der Waals surface area (Å²) in [6.07, 6.45) is 2.56. The molecule has 1 aromatic rings. The summed E-state index contributed by atoms with van der Waals surface area (Å²) in [6, 6.07) is 4.33. The molecule has 140 valence electrons. The third kappa shape index (κ3) is 3.24. The summed E-state index contributed by atoms with van der Waals surface area (Å²) in [5, 5.41) is 9.12. The largest absolute Gasteiger partial charge is 0.481 e. The molecule has 2 amide bonds. The van der Waals surface area contributed by atoms with Crippen LogP contribution in [0.25, 0.3) is 0 Å². The standard InChI is InChI=1S/C19H24N2O4S/c1-11-2-3-16(26-11)14-9-15(14)18(23)20-6-4-13(5-7-20)21-10-12(19(24)25)8-17(21)22/h2-3,12-15H,4-10H2,1H3,(H,24,25)/t12?,14-,15-/m1/s1. The molecule has 2 saturated heterocycles. The van der Waals surface area contributed by atoms with Crippen molar-refractivity contribution in [1.82, 2.24) is 9.80 Å². The third-order valence-electron chi connectivity index (χ3n) is 5.96. The Labute approximate surface area is 156 Å². The molecule has 7 heteroatoms. The van der Waals surface area contributed by atoms with Gasteiger partial charge in [-0.05, 0) is 38.3 Å². The number of carboxylic acid groups (broad SMARTS) is 1. The maximum atomic E-state index is 12.8. The highest BCUT2D eigenvalue weighted by Gasteiger charge is 2.47. The quantitative estimate of drug-likeness (QED) is 0.873. The third-order valence-corrected chi connectivity index (χ3v) is 7.09. The van der Waals surface area contributed by atoms with Crippen molar-refractivity contribution in [1.29, 1.82) is 0 Å². The summed E-state index contributed by atoms with van der Waals surface area (Å²) >= 11 is 1.78. The van der Waals surface area contributed by atoms with E-state index in [9.17, 15) is 14.4 Å². The monoisotopic (exact) mass is 376 g/mol. The van der Waals surface area contributed by atoms with Crippen molar-refractivity contribution in [2.75, 3.05) is 19.6 Å². The van der Waals surface area contributed by atoms with Gasteiger partial charge in [0.15, 0.2) is 0 Å². The van der Waals surface area contributed by atoms with Crippen LogP contribution in [0.3, 0.4) is 0 Å². The second kappa shape index (κ2) is 6.68. The Morgan fingerprint density at radius 3 is 2.54 bits per heavy atom. The number of carbonyl (C=O) groups excluding carboxylic acids is 2. The molecule has 1 N–H and O–H groups in total. The summed E-state index contributed by atoms with van der Waals surface area (Å²) in [5.41, 5.74) is 0. The number of hydrogen-bond acceptors (Lipinski definition) is 4. The first-order valence-corrected chi connectivity index (χ1v) is 10.1. The maximum absolute atomic E-state index is 12.8. The van der Waals surface area contributed by atoms with Crippen LogP contribution >= 0.6 is 11.3 Å². The van der Waals surface area contributed by atoms with Crippen molar-refractivity contribution in [3.05, 3.63) is 21.9 Å². The van der Waals surface area contributed by atoms with E-state index >= 15 is 0 Å². The minimum atomic E-state index is -0.892. The van der Waals surface area contributed by atoms with Crippen molar-refractivity contribution < 1.29 is 19.5 Å². The van der Waals surface area contributed by atoms with Gasteiger partial charge < -0.3 is 14.9 Å². The number of piperidine rings is 1. The van der Waals surface area contributed by atoms with Crippen LogP contribution in [-0.2, 0) is 14.4 Å². The Morgan fingerprint density at radius 2 is 1.96 bits per heavy atom. The van der Waals surface area contributed by atoms with Crippen LogP contribution in [0.1, 0.15) is 41.4 Å². The molecule has 26 heavy (non-hydrogen) atoms. The fraction of sp³-hybridized carbons (Fsp3) is 0.632. The second-order valence-corrected chi connectivity index (χ2v) is 9.06. The minimum absolute atomic E-state index is 0.0579. The van der Waals surface area contributed by atoms with E-state index in [1.807, 2.05) is 4.90 Å². The summed E-state index contributed by atoms with van der Waals surface area (Å²) in [5.74, 6) is -0.779. The number of hydrogen-bond donors (Lipinski definition) is 1. The zero-order chi connectivity index (χ0) is 18.4. The average molecular weight is 376 g/mol. The molecule has 3 atom stereocenters. The molecule has 6 nitrogen and oxygen atoms in total. The van der Waals surface area contributed by atoms with Gasteiger partial charge in [-0.15, -0.1) is 11.3 Å². The molecule has 0 aromatic carbocycles. The summed E-state index contributed by atoms with van der Waals surface area (Å²) < 4.78 is 0. The second-order valence-electron chi connectivity index (χ2n) is 7.74. The molecule has 0 radical (unpaired) electrons. The van der Waals surface area contributed by atoms with E-state index < -0.39 is 11.9 Å². The lowest BCUT2D eigenvalue weighted by atomic mass is 10.0. The lowest BCUT2D eigenvalue weighted by Gasteiger charge is -2.37. The number of likely N-dealkylation sites (tertiary alicyclic amines) is 2. The molecule has 1 unspecified atom stereocenters. The molecular formula is C19H24N2O4S. The predicted molar refractivity (Wildman–Crippen MR) is 97.0 cm³/mol. The van der Waals surface area contributed by atoms with Gasteiger partial charge in [-0.3, -0.25) is 14.4 Å². The molecule has 1 saturated carbocycles. The SMILES string of the molecule is Cc1ccc([C@@H]2C[C@H]2C(=O)N2CCC(N3CC(C(=O)O)CC3=O)CC2)s1. The molecule has 3 aliphatic rings. The van der Waals surface area contributed by atoms with Crippen LogP contribution in [0.5, 0.6) is 0 Å². The Kier molecular flexibility index (Phi) is 4.50. The van der Waals surface area contributed by atoms with Gasteiger partial charge in [-0.25, -0.2) is 0 Å². The Hall–Kier alpha value is -1.89. The molecule has 1 aromatic heterocycles. The van der Waals surface area contributed by atoms with Gasteiger partial charge in [0, 0.05) is 53.7 Å². The Morgan fingerprint density at radius 1 is 1.23 bits per heavy atom. The van der Waals surface area contributed by atoms with Crippen LogP contribution < -0.4 is 0 Å². The van der Waals surface area contributed by atoms with E-state index in [1.165, 1.54) is 9.75 Å². The van der Waals surface area contributed by atoms with Crippen LogP contribution in [0.15, 0.2) is 12.1 Å². The first-order chi connectivity index (χ1) is 12.4. The van der Waals surface area contributed by atoms with E-state index in [1.54, 1.807) is 16.2 Å². The van der Waals surface area contributed by atoms with Crippen molar-refractivity contribution in [2.24, 2.45) is 11.8 Å². The number of amides is 2. The van der Waals surface area contributed by atoms with Gasteiger partial charge in [0.05, 0.1) is 5.92 Å². The zero-order valence-electron chi connectivity index (χ0n) is 14.9. The van der Waals surface area contributed by atoms with Crippen molar-refractivity contribution in [3.8, 4) is 0 Å². The summed E-state index contributed by atoms with van der Waals surface area (Å²) in [4.78, 5) is 42.3. The number of thiophene rings is 1. The highest BCUT2D eigenvalue weighted by Crippen LogP contribution is 2.50. The molecule has 2 aliphatic heterocycles. The number of carboxylic acids is 1. The van der Waals surface area contributed by atoms with Crippen molar-refractivity contribution >= 4 is 29.1 Å². The van der Waals surface area contributed by atoms with E-state index in [4.69, 9.17) is 5.11 Å². The first kappa shape index (κ1) is 17.5. The summed E-state index contributed by atoms with van der Waals surface area (Å²) in [7, 11) is 0. The van der Waals surface area contributed by atoms with Crippen LogP contribution in [-0.4, -0.2) is 58.4 Å². The fourth-order valence-corrected chi connectivity index (χ4v) is 5.37. The Balaban J connectivity index is 1.30. The zero-order valence-corrected chi connectivity index (χ0v) is 15.7. The lowest BCUT2D eigenvalue weighted by molar-refractivity contribution is -0.141. The number of rotatable bonds is 4. The van der Waals surface area contributed by atoms with Crippen molar-refractivity contribution in [2.45, 2.75) is 44.6 Å². The number of nitrogens with zero attached hydrogens (tertiary/aromatic N) is 2. The highest BCUT2D eigenvalue weighted by atomic mass is 32.1. The maximum Gasteiger partial charge on any atom is 0.308 e. The van der Waals surface area contributed by atoms with E-state index in [2.05, 4.69) is 19.1 Å². The number of aryl methyl sites for hydroxylation is 1. The van der Waals surface area contributed by atoms with Crippen molar-refractivity contribution in [3.63, 3.8) is 0 Å². The number of carbonyl (C=O) groups is 3. The van der Waals surface area contributed by atoms with Gasteiger partial charge in [-0.1, -0.05) is 0 Å². The normalized spacial score (nSPS) is 29.3. The molecule has 0 spiro atoms. The highest BCUT2D eigenvalue weighted by molar-refractivity contribution is 7.12. The lowest BCUT2D eigenvalue weighted by Crippen LogP contribution is -2.47. The molecular weight excluding hydrogens is 352 g/mol. The van der Waals surface area contributed by atoms with Gasteiger partial charge in [0.1, 0.15) is 0 Å². The van der Waals surface area contributed by atoms with Gasteiger partial charge in [0.2, 0.25) is 11.8 Å². The topological polar surface area (TPSA) is 77.9 Å². The average Bonchev–Trinajstić information content (AvgIpc) is 3.15. The smallest absolute Gasteiger partial charge is 0.308 e. The number of aliphatic carboxylic acids is 1. The molecule has 0 bridgehead atoms. The van der Waals surface area contributed by atoms with Gasteiger partial charge in [-0.2, -0.15) is 0 Å². The predicted octanol–water partition coefficient (Wildman–Crippen LogP) is 2.08. The summed E-state index contributed by atoms with van der Waals surface area (Å²) in [6.45, 7) is 3.73. The van der Waals surface area contributed by atoms with Crippen LogP contribution in [0, 0.1) is 18.8 Å².